The van der Waals surface area contributed by atoms with Crippen molar-refractivity contribution in [3.8, 4) is 11.5 Å². The van der Waals surface area contributed by atoms with E-state index in [0.717, 1.165) is 36.9 Å². The van der Waals surface area contributed by atoms with Crippen molar-refractivity contribution in [2.45, 2.75) is 79.2 Å². The molecule has 2 aliphatic carbocycles. The number of carboxylic acid groups (broad SMARTS) is 1. The second-order valence-electron chi connectivity index (χ2n) is 14.5. The molecule has 7 nitrogen and oxygen atoms in total. The molecule has 0 aromatic heterocycles. The van der Waals surface area contributed by atoms with E-state index in [1.807, 2.05) is 42.2 Å². The Morgan fingerprint density at radius 1 is 0.894 bits per heavy atom. The van der Waals surface area contributed by atoms with Crippen LogP contribution in [0.25, 0.3) is 10.8 Å². The molecule has 0 amide bonds. The number of hydrogen-bond acceptors (Lipinski definition) is 6. The highest BCUT2D eigenvalue weighted by atomic mass is 127. The average Bonchev–Trinajstić information content (AvgIpc) is 2.98. The number of nitrogens with zero attached hydrogens (tertiary/aromatic N) is 1. The molecule has 8 heteroatoms. The maximum absolute atomic E-state index is 14.2. The van der Waals surface area contributed by atoms with E-state index in [1.54, 1.807) is 0 Å². The first kappa shape index (κ1) is 33.2. The van der Waals surface area contributed by atoms with E-state index in [0.29, 0.717) is 61.5 Å². The molecule has 3 aromatic carbocycles. The molecule has 1 heterocycles. The molecule has 0 spiro atoms. The first-order chi connectivity index (χ1) is 22.3. The number of ether oxygens (including phenoxy) is 2. The average molecular weight is 748 g/mol. The van der Waals surface area contributed by atoms with Gasteiger partial charge in [-0.25, -0.2) is 0 Å². The maximum Gasteiger partial charge on any atom is 0.305 e. The van der Waals surface area contributed by atoms with Crippen molar-refractivity contribution in [3.05, 3.63) is 91.8 Å². The lowest BCUT2D eigenvalue weighted by Crippen LogP contribution is -2.45. The zero-order valence-corrected chi connectivity index (χ0v) is 29.9. The number of Topliss-reactive ketones (excluding diaryl/α,β-unsaturated/α-hetero) is 2. The molecule has 246 valence electrons. The molecule has 0 atom stereocenters. The third kappa shape index (κ3) is 6.58. The summed E-state index contributed by atoms with van der Waals surface area (Å²) < 4.78 is 13.5. The van der Waals surface area contributed by atoms with Crippen LogP contribution in [0.4, 0.5) is 0 Å². The van der Waals surface area contributed by atoms with Gasteiger partial charge < -0.3 is 19.5 Å². The molecule has 0 saturated carbocycles. The van der Waals surface area contributed by atoms with Crippen molar-refractivity contribution in [1.29, 1.82) is 0 Å². The molecule has 3 aromatic rings. The van der Waals surface area contributed by atoms with E-state index in [1.165, 1.54) is 0 Å². The quantitative estimate of drug-likeness (QED) is 0.219. The Balaban J connectivity index is 1.48. The second-order valence-corrected chi connectivity index (χ2v) is 15.7. The van der Waals surface area contributed by atoms with E-state index in [2.05, 4.69) is 74.6 Å². The molecule has 6 rings (SSSR count). The van der Waals surface area contributed by atoms with Gasteiger partial charge >= 0.3 is 5.97 Å². The van der Waals surface area contributed by atoms with Gasteiger partial charge in [-0.2, -0.15) is 0 Å². The van der Waals surface area contributed by atoms with Gasteiger partial charge in [-0.05, 0) is 87.2 Å². The van der Waals surface area contributed by atoms with Crippen LogP contribution in [0.3, 0.4) is 0 Å². The van der Waals surface area contributed by atoms with Crippen LogP contribution in [-0.4, -0.2) is 40.7 Å². The zero-order chi connectivity index (χ0) is 33.7. The topological polar surface area (TPSA) is 93.1 Å². The summed E-state index contributed by atoms with van der Waals surface area (Å²) in [6.07, 6.45) is 1.88. The highest BCUT2D eigenvalue weighted by Gasteiger charge is 2.49. The molecule has 3 aliphatic rings. The van der Waals surface area contributed by atoms with Gasteiger partial charge in [0.05, 0.1) is 16.6 Å². The number of allylic oxidation sites excluding steroid dienone is 4. The van der Waals surface area contributed by atoms with E-state index >= 15 is 0 Å². The molecule has 1 aliphatic heterocycles. The van der Waals surface area contributed by atoms with E-state index in [-0.39, 0.29) is 35.4 Å². The second kappa shape index (κ2) is 12.7. The first-order valence-electron chi connectivity index (χ1n) is 16.4. The summed E-state index contributed by atoms with van der Waals surface area (Å²) >= 11 is 2.27. The minimum atomic E-state index is -0.908. The normalized spacial score (nSPS) is 19.1. The van der Waals surface area contributed by atoms with Crippen molar-refractivity contribution in [2.75, 3.05) is 13.2 Å². The highest BCUT2D eigenvalue weighted by Crippen LogP contribution is 2.55. The van der Waals surface area contributed by atoms with Gasteiger partial charge in [-0.15, -0.1) is 0 Å². The van der Waals surface area contributed by atoms with Crippen molar-refractivity contribution >= 4 is 50.9 Å². The lowest BCUT2D eigenvalue weighted by Gasteiger charge is -2.49. The number of fused-ring (bicyclic) bond motifs is 1. The number of ketones is 2. The first-order valence-corrected chi connectivity index (χ1v) is 17.4. The predicted octanol–water partition coefficient (Wildman–Crippen LogP) is 8.58. The summed E-state index contributed by atoms with van der Waals surface area (Å²) in [7, 11) is 0. The van der Waals surface area contributed by atoms with Crippen LogP contribution in [0.2, 0.25) is 0 Å². The van der Waals surface area contributed by atoms with Gasteiger partial charge in [0, 0.05) is 47.8 Å². The van der Waals surface area contributed by atoms with Crippen LogP contribution >= 0.6 is 22.6 Å². The zero-order valence-electron chi connectivity index (χ0n) is 27.7. The van der Waals surface area contributed by atoms with Gasteiger partial charge in [-0.1, -0.05) is 70.2 Å². The number of rotatable bonds is 9. The fourth-order valence-electron chi connectivity index (χ4n) is 7.58. The van der Waals surface area contributed by atoms with Gasteiger partial charge in [0.2, 0.25) is 0 Å². The fourth-order valence-corrected chi connectivity index (χ4v) is 8.37. The Bertz CT molecular complexity index is 1790. The molecule has 0 fully saturated rings. The Morgan fingerprint density at radius 3 is 2.13 bits per heavy atom. The van der Waals surface area contributed by atoms with Crippen molar-refractivity contribution in [2.24, 2.45) is 10.8 Å². The molecule has 0 unspecified atom stereocenters. The number of carbonyl (C=O) groups excluding carboxylic acids is 2. The summed E-state index contributed by atoms with van der Waals surface area (Å²) in [6.45, 7) is 11.2. The van der Waals surface area contributed by atoms with Crippen LogP contribution < -0.4 is 9.47 Å². The number of aliphatic carboxylic acids is 1. The number of carbonyl (C=O) groups is 3. The summed E-state index contributed by atoms with van der Waals surface area (Å²) in [5, 5.41) is 11.9. The van der Waals surface area contributed by atoms with Crippen LogP contribution in [0.1, 0.15) is 83.8 Å². The Morgan fingerprint density at radius 2 is 1.51 bits per heavy atom. The van der Waals surface area contributed by atoms with E-state index < -0.39 is 11.9 Å². The van der Waals surface area contributed by atoms with E-state index in [9.17, 15) is 19.5 Å². The molecule has 1 N–H and O–H groups in total. The van der Waals surface area contributed by atoms with Gasteiger partial charge in [0.25, 0.3) is 0 Å². The summed E-state index contributed by atoms with van der Waals surface area (Å²) in [4.78, 5) is 42.1. The van der Waals surface area contributed by atoms with Crippen LogP contribution in [0.5, 0.6) is 11.5 Å². The molecule has 0 radical (unpaired) electrons. The van der Waals surface area contributed by atoms with Crippen molar-refractivity contribution in [3.63, 3.8) is 0 Å². The molecule has 0 bridgehead atoms. The minimum Gasteiger partial charge on any atom is -0.490 e. The molecular formula is C39H42INO6. The molecule has 47 heavy (non-hydrogen) atoms. The Labute approximate surface area is 290 Å². The fraction of sp³-hybridized carbons (Fsp3) is 0.410. The predicted molar refractivity (Wildman–Crippen MR) is 190 cm³/mol. The highest BCUT2D eigenvalue weighted by molar-refractivity contribution is 14.1. The SMILES string of the molecule is CCOc1cc(C2C3=C(CC(C)(C)CC3=O)N(CCC(=O)O)C3=C2C(=O)CC(C)(C)C3)cc(I)c1OCc1cccc2ccccc12. The largest absolute Gasteiger partial charge is 0.490 e. The van der Waals surface area contributed by atoms with Gasteiger partial charge in [0.1, 0.15) is 6.61 Å². The Kier molecular flexibility index (Phi) is 9.02. The molecule has 0 saturated heterocycles. The molecular weight excluding hydrogens is 705 g/mol. The lowest BCUT2D eigenvalue weighted by molar-refractivity contribution is -0.137. The van der Waals surface area contributed by atoms with Crippen LogP contribution in [0, 0.1) is 14.4 Å². The minimum absolute atomic E-state index is 0.00927. The third-order valence-corrected chi connectivity index (χ3v) is 10.3. The summed E-state index contributed by atoms with van der Waals surface area (Å²) in [6, 6.07) is 18.4. The number of benzene rings is 3. The van der Waals surface area contributed by atoms with Crippen LogP contribution in [0.15, 0.2) is 77.1 Å². The third-order valence-electron chi connectivity index (χ3n) is 9.49. The maximum atomic E-state index is 14.2. The van der Waals surface area contributed by atoms with Crippen molar-refractivity contribution < 1.29 is 29.0 Å². The van der Waals surface area contributed by atoms with Gasteiger partial charge in [-0.3, -0.25) is 14.4 Å². The standard InChI is InChI=1S/C39H42INO6/c1-6-46-32-17-25(16-27(40)37(32)47-22-24-12-9-11-23-10-7-8-13-26(23)24)34-35-28(18-38(2,3)20-30(35)42)41(15-14-33(44)45)29-19-39(4,5)21-31(43)36(29)34/h7-13,16-17,34H,6,14-15,18-22H2,1-5H3,(H,44,45). The smallest absolute Gasteiger partial charge is 0.305 e. The van der Waals surface area contributed by atoms with Gasteiger partial charge in [0.15, 0.2) is 23.1 Å². The number of hydrogen-bond donors (Lipinski definition) is 1. The van der Waals surface area contributed by atoms with Crippen molar-refractivity contribution in [1.82, 2.24) is 4.90 Å². The monoisotopic (exact) mass is 747 g/mol. The number of halogens is 1. The van der Waals surface area contributed by atoms with Crippen LogP contribution in [-0.2, 0) is 21.0 Å². The Hall–Kier alpha value is -3.66. The van der Waals surface area contributed by atoms with E-state index in [4.69, 9.17) is 9.47 Å². The lowest BCUT2D eigenvalue weighted by atomic mass is 9.63. The number of carboxylic acids is 1. The summed E-state index contributed by atoms with van der Waals surface area (Å²) in [5.74, 6) is -0.259. The summed E-state index contributed by atoms with van der Waals surface area (Å²) in [5.41, 5.74) is 4.23.